The van der Waals surface area contributed by atoms with Gasteiger partial charge in [-0.3, -0.25) is 4.79 Å². The van der Waals surface area contributed by atoms with Gasteiger partial charge in [0.15, 0.2) is 15.6 Å². The maximum absolute atomic E-state index is 13.5. The molecule has 2 aromatic carbocycles. The van der Waals surface area contributed by atoms with Crippen molar-refractivity contribution < 1.29 is 17.6 Å². The predicted octanol–water partition coefficient (Wildman–Crippen LogP) is 2.93. The number of carbonyl (C=O) groups is 1. The van der Waals surface area contributed by atoms with E-state index in [1.165, 1.54) is 18.2 Å². The van der Waals surface area contributed by atoms with Crippen molar-refractivity contribution in [1.29, 1.82) is 0 Å². The van der Waals surface area contributed by atoms with Gasteiger partial charge in [0.05, 0.1) is 11.3 Å². The van der Waals surface area contributed by atoms with Gasteiger partial charge in [-0.05, 0) is 30.2 Å². The Morgan fingerprint density at radius 3 is 2.33 bits per heavy atom. The van der Waals surface area contributed by atoms with Crippen LogP contribution in [0.5, 0.6) is 0 Å². The van der Waals surface area contributed by atoms with E-state index in [-0.39, 0.29) is 11.3 Å². The zero-order valence-electron chi connectivity index (χ0n) is 11.5. The van der Waals surface area contributed by atoms with Gasteiger partial charge in [-0.15, -0.1) is 0 Å². The number of carbonyl (C=O) groups excluding carboxylic acids is 1. The quantitative estimate of drug-likeness (QED) is 0.798. The van der Waals surface area contributed by atoms with Gasteiger partial charge in [0.1, 0.15) is 11.6 Å². The molecule has 0 aliphatic heterocycles. The lowest BCUT2D eigenvalue weighted by molar-refractivity contribution is 0.101. The van der Waals surface area contributed by atoms with Crippen molar-refractivity contribution in [3.8, 4) is 0 Å². The van der Waals surface area contributed by atoms with Crippen molar-refractivity contribution in [2.24, 2.45) is 0 Å². The Balaban J connectivity index is 2.17. The lowest BCUT2D eigenvalue weighted by atomic mass is 10.1. The molecule has 110 valence electrons. The van der Waals surface area contributed by atoms with Gasteiger partial charge in [-0.25, -0.2) is 12.8 Å². The van der Waals surface area contributed by atoms with Crippen LogP contribution in [-0.4, -0.2) is 20.0 Å². The minimum absolute atomic E-state index is 0.189. The molecule has 2 aromatic rings. The van der Waals surface area contributed by atoms with Gasteiger partial charge in [0.25, 0.3) is 0 Å². The van der Waals surface area contributed by atoms with E-state index in [4.69, 9.17) is 0 Å². The average molecular weight is 306 g/mol. The van der Waals surface area contributed by atoms with Crippen molar-refractivity contribution in [2.75, 3.05) is 5.75 Å². The number of Topliss-reactive ketones (excluding diaryl/α,β-unsaturated/α-hetero) is 1. The Hall–Kier alpha value is -2.01. The molecule has 0 saturated heterocycles. The fraction of sp³-hybridized carbons (Fsp3) is 0.188. The average Bonchev–Trinajstić information content (AvgIpc) is 2.41. The summed E-state index contributed by atoms with van der Waals surface area (Å²) in [5, 5.41) is 0. The topological polar surface area (TPSA) is 51.2 Å². The van der Waals surface area contributed by atoms with Crippen molar-refractivity contribution in [3.05, 3.63) is 71.0 Å². The summed E-state index contributed by atoms with van der Waals surface area (Å²) in [6, 6.07) is 12.5. The number of hydrogen-bond acceptors (Lipinski definition) is 3. The van der Waals surface area contributed by atoms with Crippen LogP contribution in [0, 0.1) is 12.7 Å². The standard InChI is InChI=1S/C16H15FO3S/c1-12-6-2-3-7-13(12)10-21(19,20)11-16(18)14-8-4-5-9-15(14)17/h2-9H,10-11H2,1H3. The number of aryl methyl sites for hydroxylation is 1. The molecule has 2 rings (SSSR count). The third-order valence-corrected chi connectivity index (χ3v) is 4.61. The Kier molecular flexibility index (Phi) is 4.53. The summed E-state index contributed by atoms with van der Waals surface area (Å²) in [5.74, 6) is -2.34. The first-order chi connectivity index (χ1) is 9.89. The van der Waals surface area contributed by atoms with E-state index in [1.54, 1.807) is 12.1 Å². The molecule has 0 fully saturated rings. The summed E-state index contributed by atoms with van der Waals surface area (Å²) in [6.07, 6.45) is 0. The molecular weight excluding hydrogens is 291 g/mol. The molecule has 0 aliphatic rings. The van der Waals surface area contributed by atoms with E-state index in [0.29, 0.717) is 5.56 Å². The molecule has 3 nitrogen and oxygen atoms in total. The van der Waals surface area contributed by atoms with Crippen LogP contribution in [0.2, 0.25) is 0 Å². The fourth-order valence-corrected chi connectivity index (χ4v) is 3.48. The third kappa shape index (κ3) is 3.98. The Labute approximate surface area is 123 Å². The zero-order valence-corrected chi connectivity index (χ0v) is 12.4. The highest BCUT2D eigenvalue weighted by atomic mass is 32.2. The van der Waals surface area contributed by atoms with E-state index in [2.05, 4.69) is 0 Å². The second-order valence-electron chi connectivity index (χ2n) is 4.86. The molecule has 0 spiro atoms. The van der Waals surface area contributed by atoms with E-state index in [9.17, 15) is 17.6 Å². The molecule has 0 amide bonds. The summed E-state index contributed by atoms with van der Waals surface area (Å²) < 4.78 is 37.7. The number of benzene rings is 2. The summed E-state index contributed by atoms with van der Waals surface area (Å²) in [4.78, 5) is 11.9. The van der Waals surface area contributed by atoms with Gasteiger partial charge in [0.2, 0.25) is 0 Å². The monoisotopic (exact) mass is 306 g/mol. The van der Waals surface area contributed by atoms with Crippen LogP contribution in [-0.2, 0) is 15.6 Å². The molecule has 0 atom stereocenters. The van der Waals surface area contributed by atoms with Crippen LogP contribution in [0.1, 0.15) is 21.5 Å². The van der Waals surface area contributed by atoms with Gasteiger partial charge >= 0.3 is 0 Å². The number of sulfone groups is 1. The maximum atomic E-state index is 13.5. The van der Waals surface area contributed by atoms with Crippen LogP contribution in [0.25, 0.3) is 0 Å². The number of hydrogen-bond donors (Lipinski definition) is 0. The maximum Gasteiger partial charge on any atom is 0.180 e. The molecule has 0 bridgehead atoms. The van der Waals surface area contributed by atoms with Crippen LogP contribution in [0.3, 0.4) is 0 Å². The summed E-state index contributed by atoms with van der Waals surface area (Å²) in [7, 11) is -3.64. The molecule has 0 radical (unpaired) electrons. The second-order valence-corrected chi connectivity index (χ2v) is 6.93. The molecule has 21 heavy (non-hydrogen) atoms. The largest absolute Gasteiger partial charge is 0.293 e. The second kappa shape index (κ2) is 6.18. The van der Waals surface area contributed by atoms with E-state index >= 15 is 0 Å². The molecule has 0 N–H and O–H groups in total. The Bertz CT molecular complexity index is 767. The number of rotatable bonds is 5. The number of ketones is 1. The highest BCUT2D eigenvalue weighted by Gasteiger charge is 2.21. The molecule has 0 aliphatic carbocycles. The van der Waals surface area contributed by atoms with Gasteiger partial charge in [-0.2, -0.15) is 0 Å². The zero-order chi connectivity index (χ0) is 15.5. The van der Waals surface area contributed by atoms with Crippen LogP contribution in [0.4, 0.5) is 4.39 Å². The normalized spacial score (nSPS) is 11.3. The minimum atomic E-state index is -3.64. The molecule has 0 heterocycles. The van der Waals surface area contributed by atoms with Crippen LogP contribution in [0.15, 0.2) is 48.5 Å². The Morgan fingerprint density at radius 1 is 1.05 bits per heavy atom. The third-order valence-electron chi connectivity index (χ3n) is 3.16. The SMILES string of the molecule is Cc1ccccc1CS(=O)(=O)CC(=O)c1ccccc1F. The van der Waals surface area contributed by atoms with E-state index in [0.717, 1.165) is 11.6 Å². The first kappa shape index (κ1) is 15.4. The molecule has 5 heteroatoms. The van der Waals surface area contributed by atoms with E-state index in [1.807, 2.05) is 19.1 Å². The van der Waals surface area contributed by atoms with Crippen molar-refractivity contribution >= 4 is 15.6 Å². The van der Waals surface area contributed by atoms with Gasteiger partial charge in [0, 0.05) is 0 Å². The number of halogens is 1. The Morgan fingerprint density at radius 2 is 1.67 bits per heavy atom. The lowest BCUT2D eigenvalue weighted by Gasteiger charge is -2.07. The summed E-state index contributed by atoms with van der Waals surface area (Å²) in [6.45, 7) is 1.81. The van der Waals surface area contributed by atoms with Gasteiger partial charge < -0.3 is 0 Å². The smallest absolute Gasteiger partial charge is 0.180 e. The van der Waals surface area contributed by atoms with Crippen LogP contribution < -0.4 is 0 Å². The first-order valence-corrected chi connectivity index (χ1v) is 8.24. The highest BCUT2D eigenvalue weighted by Crippen LogP contribution is 2.14. The summed E-state index contributed by atoms with van der Waals surface area (Å²) in [5.41, 5.74) is 1.31. The van der Waals surface area contributed by atoms with Crippen LogP contribution >= 0.6 is 0 Å². The molecular formula is C16H15FO3S. The summed E-state index contributed by atoms with van der Waals surface area (Å²) >= 11 is 0. The van der Waals surface area contributed by atoms with Crippen molar-refractivity contribution in [1.82, 2.24) is 0 Å². The predicted molar refractivity (Wildman–Crippen MR) is 79.4 cm³/mol. The fourth-order valence-electron chi connectivity index (χ4n) is 2.02. The lowest BCUT2D eigenvalue weighted by Crippen LogP contribution is -2.19. The minimum Gasteiger partial charge on any atom is -0.293 e. The molecule has 0 saturated carbocycles. The molecule has 0 aromatic heterocycles. The van der Waals surface area contributed by atoms with Crippen molar-refractivity contribution in [2.45, 2.75) is 12.7 Å². The van der Waals surface area contributed by atoms with Crippen molar-refractivity contribution in [3.63, 3.8) is 0 Å². The van der Waals surface area contributed by atoms with E-state index < -0.39 is 27.2 Å². The highest BCUT2D eigenvalue weighted by molar-refractivity contribution is 7.91. The first-order valence-electron chi connectivity index (χ1n) is 6.42. The molecule has 0 unspecified atom stereocenters. The van der Waals surface area contributed by atoms with Gasteiger partial charge in [-0.1, -0.05) is 36.4 Å².